The number of rotatable bonds is 7. The maximum atomic E-state index is 12.5. The number of amides is 1. The minimum absolute atomic E-state index is 0.0720. The average Bonchev–Trinajstić information content (AvgIpc) is 3.10. The van der Waals surface area contributed by atoms with Gasteiger partial charge in [0.15, 0.2) is 0 Å². The molecule has 3 aromatic carbocycles. The summed E-state index contributed by atoms with van der Waals surface area (Å²) in [6.07, 6.45) is 0. The maximum absolute atomic E-state index is 12.5. The smallest absolute Gasteiger partial charge is 0.243 e. The largest absolute Gasteiger partial charge is 0.495 e. The molecule has 0 fully saturated rings. The summed E-state index contributed by atoms with van der Waals surface area (Å²) >= 11 is 0. The summed E-state index contributed by atoms with van der Waals surface area (Å²) in [7, 11) is 1.60. The Kier molecular flexibility index (Phi) is 5.24. The summed E-state index contributed by atoms with van der Waals surface area (Å²) in [5.74, 6) is 1.10. The van der Waals surface area contributed by atoms with Crippen molar-refractivity contribution in [1.29, 1.82) is 0 Å². The molecular formula is C23H22N2O4. The van der Waals surface area contributed by atoms with E-state index in [2.05, 4.69) is 10.6 Å². The predicted octanol–water partition coefficient (Wildman–Crippen LogP) is 5.04. The van der Waals surface area contributed by atoms with E-state index in [9.17, 15) is 4.79 Å². The van der Waals surface area contributed by atoms with Crippen LogP contribution in [0.15, 0.2) is 65.1 Å². The summed E-state index contributed by atoms with van der Waals surface area (Å²) in [6.45, 7) is 2.50. The zero-order valence-electron chi connectivity index (χ0n) is 16.3. The zero-order chi connectivity index (χ0) is 20.2. The van der Waals surface area contributed by atoms with E-state index in [0.717, 1.165) is 21.9 Å². The molecule has 0 saturated heterocycles. The number of anilines is 2. The molecule has 0 spiro atoms. The topological polar surface area (TPSA) is 72.7 Å². The highest BCUT2D eigenvalue weighted by atomic mass is 16.5. The first-order chi connectivity index (χ1) is 14.2. The summed E-state index contributed by atoms with van der Waals surface area (Å²) in [6, 6.07) is 19.0. The van der Waals surface area contributed by atoms with E-state index in [1.165, 1.54) is 0 Å². The van der Waals surface area contributed by atoms with Gasteiger partial charge in [-0.3, -0.25) is 4.79 Å². The molecule has 0 atom stereocenters. The Balaban J connectivity index is 1.53. The van der Waals surface area contributed by atoms with Gasteiger partial charge in [0.1, 0.15) is 22.7 Å². The Bertz CT molecular complexity index is 1170. The van der Waals surface area contributed by atoms with Crippen LogP contribution in [0.25, 0.3) is 21.9 Å². The van der Waals surface area contributed by atoms with E-state index in [0.29, 0.717) is 29.5 Å². The molecule has 0 aliphatic rings. The molecule has 0 aliphatic heterocycles. The number of ether oxygens (including phenoxy) is 2. The van der Waals surface area contributed by atoms with Crippen molar-refractivity contribution >= 4 is 39.2 Å². The normalized spacial score (nSPS) is 10.8. The fourth-order valence-electron chi connectivity index (χ4n) is 3.28. The van der Waals surface area contributed by atoms with Crippen molar-refractivity contribution in [2.45, 2.75) is 6.92 Å². The molecule has 2 N–H and O–H groups in total. The van der Waals surface area contributed by atoms with E-state index in [4.69, 9.17) is 13.9 Å². The molecule has 6 nitrogen and oxygen atoms in total. The molecule has 0 unspecified atom stereocenters. The number of fused-ring (bicyclic) bond motifs is 3. The van der Waals surface area contributed by atoms with Gasteiger partial charge in [0.25, 0.3) is 0 Å². The van der Waals surface area contributed by atoms with Gasteiger partial charge in [0, 0.05) is 16.8 Å². The molecule has 4 rings (SSSR count). The monoisotopic (exact) mass is 390 g/mol. The van der Waals surface area contributed by atoms with E-state index in [1.807, 2.05) is 67.6 Å². The van der Waals surface area contributed by atoms with Gasteiger partial charge in [0.2, 0.25) is 5.91 Å². The van der Waals surface area contributed by atoms with Crippen LogP contribution in [-0.2, 0) is 4.79 Å². The lowest BCUT2D eigenvalue weighted by Gasteiger charge is -2.13. The van der Waals surface area contributed by atoms with Gasteiger partial charge in [0.05, 0.1) is 31.6 Å². The summed E-state index contributed by atoms with van der Waals surface area (Å²) in [5.41, 5.74) is 2.87. The highest BCUT2D eigenvalue weighted by Gasteiger charge is 2.13. The van der Waals surface area contributed by atoms with E-state index in [1.54, 1.807) is 7.11 Å². The number of methoxy groups -OCH3 is 1. The minimum atomic E-state index is -0.191. The van der Waals surface area contributed by atoms with Crippen LogP contribution in [0.1, 0.15) is 6.92 Å². The summed E-state index contributed by atoms with van der Waals surface area (Å²) in [5, 5.41) is 8.00. The van der Waals surface area contributed by atoms with Gasteiger partial charge >= 0.3 is 0 Å². The van der Waals surface area contributed by atoms with Crippen LogP contribution in [0, 0.1) is 0 Å². The molecule has 0 aliphatic carbocycles. The minimum Gasteiger partial charge on any atom is -0.495 e. The van der Waals surface area contributed by atoms with Crippen LogP contribution < -0.4 is 20.1 Å². The maximum Gasteiger partial charge on any atom is 0.243 e. The Morgan fingerprint density at radius 1 is 0.931 bits per heavy atom. The second-order valence-electron chi connectivity index (χ2n) is 6.48. The molecular weight excluding hydrogens is 368 g/mol. The molecule has 4 aromatic rings. The van der Waals surface area contributed by atoms with E-state index < -0.39 is 0 Å². The molecule has 148 valence electrons. The number of hydrogen-bond donors (Lipinski definition) is 2. The quantitative estimate of drug-likeness (QED) is 0.462. The lowest BCUT2D eigenvalue weighted by Crippen LogP contribution is -2.22. The van der Waals surface area contributed by atoms with Crippen molar-refractivity contribution in [2.24, 2.45) is 0 Å². The van der Waals surface area contributed by atoms with Crippen LogP contribution in [0.3, 0.4) is 0 Å². The Hall–Kier alpha value is -3.67. The Labute approximate surface area is 168 Å². The first kappa shape index (κ1) is 18.7. The van der Waals surface area contributed by atoms with Gasteiger partial charge in [-0.05, 0) is 31.2 Å². The first-order valence-corrected chi connectivity index (χ1v) is 9.44. The van der Waals surface area contributed by atoms with Crippen molar-refractivity contribution in [1.82, 2.24) is 0 Å². The molecule has 1 heterocycles. The van der Waals surface area contributed by atoms with Gasteiger partial charge in [-0.25, -0.2) is 0 Å². The van der Waals surface area contributed by atoms with Gasteiger partial charge < -0.3 is 24.5 Å². The Morgan fingerprint density at radius 3 is 2.55 bits per heavy atom. The molecule has 29 heavy (non-hydrogen) atoms. The van der Waals surface area contributed by atoms with Crippen LogP contribution in [0.4, 0.5) is 11.4 Å². The lowest BCUT2D eigenvalue weighted by atomic mass is 10.1. The van der Waals surface area contributed by atoms with Crippen molar-refractivity contribution in [3.05, 3.63) is 60.7 Å². The van der Waals surface area contributed by atoms with Crippen LogP contribution in [0.2, 0.25) is 0 Å². The second-order valence-corrected chi connectivity index (χ2v) is 6.48. The predicted molar refractivity (Wildman–Crippen MR) is 115 cm³/mol. The number of hydrogen-bond acceptors (Lipinski definition) is 5. The number of para-hydroxylation sites is 3. The van der Waals surface area contributed by atoms with Gasteiger partial charge in [-0.1, -0.05) is 30.3 Å². The SMILES string of the molecule is CCOc1ccccc1NC(=O)CNc1cc2oc3ccccc3c2cc1OC. The highest BCUT2D eigenvalue weighted by Crippen LogP contribution is 2.36. The third kappa shape index (κ3) is 3.82. The van der Waals surface area contributed by atoms with Crippen LogP contribution >= 0.6 is 0 Å². The molecule has 1 amide bonds. The number of carbonyl (C=O) groups is 1. The summed E-state index contributed by atoms with van der Waals surface area (Å²) < 4.78 is 17.0. The molecule has 0 radical (unpaired) electrons. The van der Waals surface area contributed by atoms with Crippen LogP contribution in [0.5, 0.6) is 11.5 Å². The Morgan fingerprint density at radius 2 is 1.72 bits per heavy atom. The van der Waals surface area contributed by atoms with E-state index >= 15 is 0 Å². The van der Waals surface area contributed by atoms with E-state index in [-0.39, 0.29) is 12.5 Å². The third-order valence-corrected chi connectivity index (χ3v) is 4.60. The van der Waals surface area contributed by atoms with Crippen molar-refractivity contribution in [2.75, 3.05) is 30.9 Å². The van der Waals surface area contributed by atoms with Gasteiger partial charge in [-0.2, -0.15) is 0 Å². The fourth-order valence-corrected chi connectivity index (χ4v) is 3.28. The van der Waals surface area contributed by atoms with Crippen LogP contribution in [-0.4, -0.2) is 26.2 Å². The number of carbonyl (C=O) groups excluding carboxylic acids is 1. The van der Waals surface area contributed by atoms with Crippen molar-refractivity contribution in [3.63, 3.8) is 0 Å². The number of nitrogens with one attached hydrogen (secondary N) is 2. The first-order valence-electron chi connectivity index (χ1n) is 9.44. The highest BCUT2D eigenvalue weighted by molar-refractivity contribution is 6.07. The zero-order valence-corrected chi connectivity index (χ0v) is 16.3. The molecule has 0 saturated carbocycles. The molecule has 1 aromatic heterocycles. The van der Waals surface area contributed by atoms with Crippen molar-refractivity contribution in [3.8, 4) is 11.5 Å². The standard InChI is InChI=1S/C23H22N2O4/c1-3-28-20-11-7-5-9-17(20)25-23(26)14-24-18-13-21-16(12-22(18)27-2)15-8-4-6-10-19(15)29-21/h4-13,24H,3,14H2,1-2H3,(H,25,26). The summed E-state index contributed by atoms with van der Waals surface area (Å²) in [4.78, 5) is 12.5. The fraction of sp³-hybridized carbons (Fsp3) is 0.174. The lowest BCUT2D eigenvalue weighted by molar-refractivity contribution is -0.114. The van der Waals surface area contributed by atoms with Gasteiger partial charge in [-0.15, -0.1) is 0 Å². The molecule has 0 bridgehead atoms. The van der Waals surface area contributed by atoms with Crippen molar-refractivity contribution < 1.29 is 18.7 Å². The number of furan rings is 1. The third-order valence-electron chi connectivity index (χ3n) is 4.60. The second kappa shape index (κ2) is 8.14. The average molecular weight is 390 g/mol. The number of benzene rings is 3. The molecule has 6 heteroatoms.